The maximum atomic E-state index is 5.91. The van der Waals surface area contributed by atoms with E-state index in [9.17, 15) is 0 Å². The van der Waals surface area contributed by atoms with Gasteiger partial charge in [-0.3, -0.25) is 0 Å². The molecule has 0 aliphatic carbocycles. The SMILES string of the molecule is c1ccc(-c2nnc(-c3cc4ccccc4o3)c3conc23)cc1. The number of benzene rings is 2. The molecule has 3 heterocycles. The Morgan fingerprint density at radius 1 is 0.792 bits per heavy atom. The number of hydrogen-bond acceptors (Lipinski definition) is 5. The first-order valence-corrected chi connectivity index (χ1v) is 7.55. The van der Waals surface area contributed by atoms with E-state index in [4.69, 9.17) is 8.94 Å². The number of fused-ring (bicyclic) bond motifs is 2. The molecule has 0 spiro atoms. The van der Waals surface area contributed by atoms with Crippen LogP contribution in [0.25, 0.3) is 44.6 Å². The second kappa shape index (κ2) is 5.03. The first kappa shape index (κ1) is 13.0. The summed E-state index contributed by atoms with van der Waals surface area (Å²) in [6.45, 7) is 0. The summed E-state index contributed by atoms with van der Waals surface area (Å²) in [5.41, 5.74) is 3.75. The van der Waals surface area contributed by atoms with Crippen molar-refractivity contribution in [2.45, 2.75) is 0 Å². The largest absolute Gasteiger partial charge is 0.454 e. The molecule has 0 amide bonds. The molecule has 0 atom stereocenters. The second-order valence-electron chi connectivity index (χ2n) is 5.49. The Hall–Kier alpha value is -3.47. The molecule has 2 aromatic carbocycles. The molecular weight excluding hydrogens is 302 g/mol. The van der Waals surface area contributed by atoms with Crippen LogP contribution in [-0.4, -0.2) is 15.4 Å². The van der Waals surface area contributed by atoms with E-state index in [-0.39, 0.29) is 0 Å². The normalized spacial score (nSPS) is 11.3. The third-order valence-corrected chi connectivity index (χ3v) is 4.01. The molecular formula is C19H11N3O2. The molecule has 5 aromatic rings. The van der Waals surface area contributed by atoms with E-state index < -0.39 is 0 Å². The molecule has 0 radical (unpaired) electrons. The minimum Gasteiger partial charge on any atom is -0.454 e. The molecule has 0 aliphatic heterocycles. The molecule has 0 saturated carbocycles. The van der Waals surface area contributed by atoms with Crippen molar-refractivity contribution in [3.63, 3.8) is 0 Å². The van der Waals surface area contributed by atoms with Gasteiger partial charge in [-0.05, 0) is 12.1 Å². The minimum atomic E-state index is 0.627. The van der Waals surface area contributed by atoms with Crippen LogP contribution in [-0.2, 0) is 0 Å². The van der Waals surface area contributed by atoms with Crippen molar-refractivity contribution in [2.75, 3.05) is 0 Å². The molecule has 5 rings (SSSR count). The molecule has 0 N–H and O–H groups in total. The number of para-hydroxylation sites is 1. The minimum absolute atomic E-state index is 0.627. The van der Waals surface area contributed by atoms with Crippen molar-refractivity contribution in [3.05, 3.63) is 66.9 Å². The zero-order valence-corrected chi connectivity index (χ0v) is 12.5. The van der Waals surface area contributed by atoms with Crippen molar-refractivity contribution < 1.29 is 8.94 Å². The van der Waals surface area contributed by atoms with Crippen molar-refractivity contribution in [1.82, 2.24) is 15.4 Å². The van der Waals surface area contributed by atoms with Crippen molar-refractivity contribution in [2.24, 2.45) is 0 Å². The van der Waals surface area contributed by atoms with Gasteiger partial charge in [0.15, 0.2) is 5.76 Å². The summed E-state index contributed by atoms with van der Waals surface area (Å²) < 4.78 is 11.1. The number of hydrogen-bond donors (Lipinski definition) is 0. The molecule has 0 unspecified atom stereocenters. The smallest absolute Gasteiger partial charge is 0.156 e. The zero-order chi connectivity index (χ0) is 15.9. The zero-order valence-electron chi connectivity index (χ0n) is 12.5. The van der Waals surface area contributed by atoms with E-state index in [0.29, 0.717) is 22.7 Å². The van der Waals surface area contributed by atoms with Gasteiger partial charge in [0, 0.05) is 10.9 Å². The summed E-state index contributed by atoms with van der Waals surface area (Å²) in [7, 11) is 0. The fourth-order valence-electron chi connectivity index (χ4n) is 2.85. The molecule has 114 valence electrons. The monoisotopic (exact) mass is 313 g/mol. The van der Waals surface area contributed by atoms with Gasteiger partial charge in [0.1, 0.15) is 28.8 Å². The predicted molar refractivity (Wildman–Crippen MR) is 90.2 cm³/mol. The van der Waals surface area contributed by atoms with Gasteiger partial charge in [-0.2, -0.15) is 0 Å². The summed E-state index contributed by atoms with van der Waals surface area (Å²) >= 11 is 0. The van der Waals surface area contributed by atoms with Crippen molar-refractivity contribution >= 4 is 21.9 Å². The summed E-state index contributed by atoms with van der Waals surface area (Å²) in [6.07, 6.45) is 1.58. The van der Waals surface area contributed by atoms with Gasteiger partial charge in [-0.15, -0.1) is 10.2 Å². The average Bonchev–Trinajstić information content (AvgIpc) is 3.28. The highest BCUT2D eigenvalue weighted by Crippen LogP contribution is 2.33. The Morgan fingerprint density at radius 2 is 1.58 bits per heavy atom. The van der Waals surface area contributed by atoms with Crippen LogP contribution in [0, 0.1) is 0 Å². The van der Waals surface area contributed by atoms with Gasteiger partial charge < -0.3 is 8.94 Å². The second-order valence-corrected chi connectivity index (χ2v) is 5.49. The lowest BCUT2D eigenvalue weighted by Crippen LogP contribution is -1.93. The number of nitrogens with zero attached hydrogens (tertiary/aromatic N) is 3. The Labute approximate surface area is 136 Å². The van der Waals surface area contributed by atoms with Crippen LogP contribution in [0.4, 0.5) is 0 Å². The summed E-state index contributed by atoms with van der Waals surface area (Å²) in [4.78, 5) is 0. The Morgan fingerprint density at radius 3 is 2.46 bits per heavy atom. The lowest BCUT2D eigenvalue weighted by atomic mass is 10.1. The molecule has 24 heavy (non-hydrogen) atoms. The molecule has 5 nitrogen and oxygen atoms in total. The summed E-state index contributed by atoms with van der Waals surface area (Å²) in [5, 5.41) is 14.7. The van der Waals surface area contributed by atoms with Crippen LogP contribution in [0.1, 0.15) is 0 Å². The number of furan rings is 1. The maximum Gasteiger partial charge on any atom is 0.156 e. The quantitative estimate of drug-likeness (QED) is 0.472. The van der Waals surface area contributed by atoms with Gasteiger partial charge in [-0.1, -0.05) is 53.7 Å². The lowest BCUT2D eigenvalue weighted by molar-refractivity contribution is 0.428. The molecule has 0 aliphatic rings. The molecule has 0 fully saturated rings. The van der Waals surface area contributed by atoms with Gasteiger partial charge >= 0.3 is 0 Å². The highest BCUT2D eigenvalue weighted by atomic mass is 16.5. The average molecular weight is 313 g/mol. The molecule has 5 heteroatoms. The molecule has 3 aromatic heterocycles. The summed E-state index contributed by atoms with van der Waals surface area (Å²) in [6, 6.07) is 19.6. The maximum absolute atomic E-state index is 5.91. The standard InChI is InChI=1S/C19H11N3O2/c1-2-6-12(7-3-1)17-19-14(11-23-22-19)18(21-20-17)16-10-13-8-4-5-9-15(13)24-16/h1-11H. The topological polar surface area (TPSA) is 65.0 Å². The van der Waals surface area contributed by atoms with E-state index in [2.05, 4.69) is 15.4 Å². The van der Waals surface area contributed by atoms with E-state index in [0.717, 1.165) is 21.9 Å². The Kier molecular flexibility index (Phi) is 2.72. The van der Waals surface area contributed by atoms with Gasteiger partial charge in [-0.25, -0.2) is 0 Å². The predicted octanol–water partition coefficient (Wildman–Crippen LogP) is 4.70. The van der Waals surface area contributed by atoms with Gasteiger partial charge in [0.25, 0.3) is 0 Å². The Bertz CT molecular complexity index is 1130. The molecule has 0 saturated heterocycles. The third-order valence-electron chi connectivity index (χ3n) is 4.01. The van der Waals surface area contributed by atoms with Crippen LogP contribution in [0.5, 0.6) is 0 Å². The highest BCUT2D eigenvalue weighted by molar-refractivity contribution is 5.98. The number of rotatable bonds is 2. The highest BCUT2D eigenvalue weighted by Gasteiger charge is 2.18. The van der Waals surface area contributed by atoms with E-state index in [1.165, 1.54) is 0 Å². The summed E-state index contributed by atoms with van der Waals surface area (Å²) in [5.74, 6) is 0.650. The fraction of sp³-hybridized carbons (Fsp3) is 0. The van der Waals surface area contributed by atoms with E-state index in [1.807, 2.05) is 60.7 Å². The first-order valence-electron chi connectivity index (χ1n) is 7.55. The van der Waals surface area contributed by atoms with Crippen LogP contribution < -0.4 is 0 Å². The van der Waals surface area contributed by atoms with Crippen LogP contribution in [0.3, 0.4) is 0 Å². The van der Waals surface area contributed by atoms with Crippen LogP contribution >= 0.6 is 0 Å². The van der Waals surface area contributed by atoms with E-state index >= 15 is 0 Å². The van der Waals surface area contributed by atoms with Crippen LogP contribution in [0.2, 0.25) is 0 Å². The van der Waals surface area contributed by atoms with Crippen molar-refractivity contribution in [3.8, 4) is 22.7 Å². The third kappa shape index (κ3) is 1.91. The fourth-order valence-corrected chi connectivity index (χ4v) is 2.85. The van der Waals surface area contributed by atoms with Gasteiger partial charge in [0.05, 0.1) is 5.39 Å². The van der Waals surface area contributed by atoms with E-state index in [1.54, 1.807) is 6.26 Å². The lowest BCUT2D eigenvalue weighted by Gasteiger charge is -2.02. The van der Waals surface area contributed by atoms with Gasteiger partial charge in [0.2, 0.25) is 0 Å². The first-order chi connectivity index (χ1) is 11.9. The Balaban J connectivity index is 1.75. The van der Waals surface area contributed by atoms with Crippen molar-refractivity contribution in [1.29, 1.82) is 0 Å². The van der Waals surface area contributed by atoms with Crippen LogP contribution in [0.15, 0.2) is 75.9 Å². The number of aromatic nitrogens is 3. The molecule has 0 bridgehead atoms.